The zero-order valence-electron chi connectivity index (χ0n) is 14.6. The summed E-state index contributed by atoms with van der Waals surface area (Å²) in [5.41, 5.74) is 1.07. The Morgan fingerprint density at radius 1 is 1.17 bits per heavy atom. The molecule has 0 aromatic carbocycles. The van der Waals surface area contributed by atoms with Crippen LogP contribution in [0.5, 0.6) is 0 Å². The second-order valence-corrected chi connectivity index (χ2v) is 7.36. The lowest BCUT2D eigenvalue weighted by Gasteiger charge is -2.44. The van der Waals surface area contributed by atoms with Crippen molar-refractivity contribution in [3.05, 3.63) is 30.0 Å². The van der Waals surface area contributed by atoms with Gasteiger partial charge in [0.05, 0.1) is 12.2 Å². The lowest BCUT2D eigenvalue weighted by atomic mass is 9.92. The molecule has 0 amide bonds. The van der Waals surface area contributed by atoms with Gasteiger partial charge >= 0.3 is 0 Å². The van der Waals surface area contributed by atoms with E-state index in [9.17, 15) is 0 Å². The number of hydrogen-bond acceptors (Lipinski definition) is 6. The van der Waals surface area contributed by atoms with E-state index in [1.165, 1.54) is 0 Å². The summed E-state index contributed by atoms with van der Waals surface area (Å²) in [4.78, 5) is 4.58. The first-order valence-corrected chi connectivity index (χ1v) is 7.97. The van der Waals surface area contributed by atoms with Crippen LogP contribution in [0.15, 0.2) is 18.5 Å². The van der Waals surface area contributed by atoms with Crippen LogP contribution in [0.2, 0.25) is 0 Å². The van der Waals surface area contributed by atoms with Gasteiger partial charge in [0.15, 0.2) is 5.82 Å². The second kappa shape index (κ2) is 5.88. The average molecular weight is 315 g/mol. The Hall–Kier alpha value is -2.02. The van der Waals surface area contributed by atoms with E-state index in [0.717, 1.165) is 37.0 Å². The summed E-state index contributed by atoms with van der Waals surface area (Å²) in [5.74, 6) is 1.95. The first-order chi connectivity index (χ1) is 10.8. The minimum atomic E-state index is 0.0410. The van der Waals surface area contributed by atoms with Crippen LogP contribution in [0.1, 0.15) is 32.3 Å². The van der Waals surface area contributed by atoms with Crippen LogP contribution in [-0.4, -0.2) is 56.0 Å². The van der Waals surface area contributed by atoms with Gasteiger partial charge in [-0.25, -0.2) is 0 Å². The monoisotopic (exact) mass is 315 g/mol. The summed E-state index contributed by atoms with van der Waals surface area (Å²) in [6.07, 6.45) is 1.74. The summed E-state index contributed by atoms with van der Waals surface area (Å²) in [6, 6.07) is 4.67. The van der Waals surface area contributed by atoms with Crippen molar-refractivity contribution in [1.29, 1.82) is 0 Å². The topological polar surface area (TPSA) is 63.0 Å². The zero-order chi connectivity index (χ0) is 16.6. The Balaban J connectivity index is 1.55. The summed E-state index contributed by atoms with van der Waals surface area (Å²) >= 11 is 0. The molecule has 7 nitrogen and oxygen atoms in total. The van der Waals surface area contributed by atoms with Gasteiger partial charge in [0.25, 0.3) is 0 Å². The van der Waals surface area contributed by atoms with Gasteiger partial charge in [0.1, 0.15) is 12.2 Å². The number of hydrogen-bond donors (Lipinski definition) is 0. The summed E-state index contributed by atoms with van der Waals surface area (Å²) < 4.78 is 1.96. The first-order valence-electron chi connectivity index (χ1n) is 7.97. The van der Waals surface area contributed by atoms with Crippen LogP contribution in [0.25, 0.3) is 0 Å². The molecule has 0 bridgehead atoms. The molecule has 0 spiro atoms. The Labute approximate surface area is 137 Å². The lowest BCUT2D eigenvalue weighted by Crippen LogP contribution is -2.58. The number of likely N-dealkylation sites (N-methyl/N-ethyl adjacent to an activating group) is 1. The Kier molecular flexibility index (Phi) is 4.06. The van der Waals surface area contributed by atoms with Gasteiger partial charge < -0.3 is 9.47 Å². The van der Waals surface area contributed by atoms with Gasteiger partial charge in [-0.15, -0.1) is 15.3 Å². The van der Waals surface area contributed by atoms with Crippen molar-refractivity contribution in [2.24, 2.45) is 7.05 Å². The molecule has 3 heterocycles. The number of anilines is 1. The largest absolute Gasteiger partial charge is 0.352 e. The maximum atomic E-state index is 4.38. The van der Waals surface area contributed by atoms with Gasteiger partial charge in [-0.1, -0.05) is 20.8 Å². The molecule has 2 aromatic heterocycles. The second-order valence-electron chi connectivity index (χ2n) is 7.36. The van der Waals surface area contributed by atoms with E-state index in [1.807, 2.05) is 11.6 Å². The number of nitrogens with zero attached hydrogens (tertiary/aromatic N) is 7. The number of rotatable bonds is 4. The molecule has 1 aliphatic rings. The van der Waals surface area contributed by atoms with Gasteiger partial charge in [-0.2, -0.15) is 5.10 Å². The smallest absolute Gasteiger partial charge is 0.151 e. The van der Waals surface area contributed by atoms with Crippen LogP contribution in [0.4, 0.5) is 5.82 Å². The molecule has 0 saturated carbocycles. The SMILES string of the molecule is CN(Cc1nncn1C)C1CN(c2ccc(C(C)(C)C)nn2)C1. The molecule has 1 saturated heterocycles. The number of aryl methyl sites for hydroxylation is 1. The van der Waals surface area contributed by atoms with E-state index in [1.54, 1.807) is 6.33 Å². The highest BCUT2D eigenvalue weighted by Crippen LogP contribution is 2.24. The van der Waals surface area contributed by atoms with Crippen molar-refractivity contribution in [2.45, 2.75) is 38.8 Å². The first kappa shape index (κ1) is 15.9. The highest BCUT2D eigenvalue weighted by atomic mass is 15.4. The molecule has 1 fully saturated rings. The molecule has 0 radical (unpaired) electrons. The molecule has 23 heavy (non-hydrogen) atoms. The maximum Gasteiger partial charge on any atom is 0.151 e. The quantitative estimate of drug-likeness (QED) is 0.845. The van der Waals surface area contributed by atoms with E-state index >= 15 is 0 Å². The van der Waals surface area contributed by atoms with E-state index in [4.69, 9.17) is 0 Å². The Morgan fingerprint density at radius 2 is 1.91 bits per heavy atom. The summed E-state index contributed by atoms with van der Waals surface area (Å²) in [6.45, 7) is 9.20. The van der Waals surface area contributed by atoms with Crippen molar-refractivity contribution in [1.82, 2.24) is 29.9 Å². The highest BCUT2D eigenvalue weighted by molar-refractivity contribution is 5.42. The van der Waals surface area contributed by atoms with E-state index in [0.29, 0.717) is 6.04 Å². The van der Waals surface area contributed by atoms with Gasteiger partial charge in [0, 0.05) is 31.6 Å². The lowest BCUT2D eigenvalue weighted by molar-refractivity contribution is 0.190. The molecule has 0 aliphatic carbocycles. The molecule has 0 atom stereocenters. The van der Waals surface area contributed by atoms with E-state index in [-0.39, 0.29) is 5.41 Å². The third-order valence-electron chi connectivity index (χ3n) is 4.42. The number of aromatic nitrogens is 5. The minimum Gasteiger partial charge on any atom is -0.352 e. The van der Waals surface area contributed by atoms with Crippen molar-refractivity contribution >= 4 is 5.82 Å². The average Bonchev–Trinajstić information content (AvgIpc) is 2.82. The third kappa shape index (κ3) is 3.34. The van der Waals surface area contributed by atoms with Crippen molar-refractivity contribution in [3.8, 4) is 0 Å². The molecule has 7 heteroatoms. The van der Waals surface area contributed by atoms with Crippen LogP contribution in [-0.2, 0) is 19.0 Å². The predicted molar refractivity (Wildman–Crippen MR) is 89.2 cm³/mol. The van der Waals surface area contributed by atoms with Gasteiger partial charge in [0.2, 0.25) is 0 Å². The highest BCUT2D eigenvalue weighted by Gasteiger charge is 2.31. The molecule has 0 unspecified atom stereocenters. The van der Waals surface area contributed by atoms with Crippen molar-refractivity contribution < 1.29 is 0 Å². The minimum absolute atomic E-state index is 0.0410. The van der Waals surface area contributed by atoms with Crippen molar-refractivity contribution in [2.75, 3.05) is 25.0 Å². The predicted octanol–water partition coefficient (Wildman–Crippen LogP) is 1.22. The molecular formula is C16H25N7. The third-order valence-corrected chi connectivity index (χ3v) is 4.42. The van der Waals surface area contributed by atoms with Crippen LogP contribution < -0.4 is 4.90 Å². The Bertz CT molecular complexity index is 650. The molecule has 124 valence electrons. The molecule has 0 N–H and O–H groups in total. The molecule has 2 aromatic rings. The van der Waals surface area contributed by atoms with Crippen LogP contribution in [0.3, 0.4) is 0 Å². The molecule has 3 rings (SSSR count). The Morgan fingerprint density at radius 3 is 2.43 bits per heavy atom. The van der Waals surface area contributed by atoms with Gasteiger partial charge in [-0.05, 0) is 19.2 Å². The van der Waals surface area contributed by atoms with Crippen molar-refractivity contribution in [3.63, 3.8) is 0 Å². The summed E-state index contributed by atoms with van der Waals surface area (Å²) in [5, 5.41) is 16.8. The zero-order valence-corrected chi connectivity index (χ0v) is 14.6. The maximum absolute atomic E-state index is 4.38. The molecular weight excluding hydrogens is 290 g/mol. The van der Waals surface area contributed by atoms with Crippen LogP contribution in [0, 0.1) is 0 Å². The van der Waals surface area contributed by atoms with E-state index in [2.05, 4.69) is 70.1 Å². The summed E-state index contributed by atoms with van der Waals surface area (Å²) in [7, 11) is 4.10. The molecule has 1 aliphatic heterocycles. The van der Waals surface area contributed by atoms with Crippen LogP contribution >= 0.6 is 0 Å². The standard InChI is InChI=1S/C16H25N7/c1-16(2,3)13-6-7-14(20-18-13)23-8-12(9-23)21(4)10-15-19-17-11-22(15)5/h6-7,11-12H,8-10H2,1-5H3. The fraction of sp³-hybridized carbons (Fsp3) is 0.625. The normalized spacial score (nSPS) is 16.0. The fourth-order valence-electron chi connectivity index (χ4n) is 2.62. The van der Waals surface area contributed by atoms with E-state index < -0.39 is 0 Å². The fourth-order valence-corrected chi connectivity index (χ4v) is 2.62. The van der Waals surface area contributed by atoms with Gasteiger partial charge in [-0.3, -0.25) is 4.90 Å².